The van der Waals surface area contributed by atoms with E-state index in [9.17, 15) is 13.2 Å². The van der Waals surface area contributed by atoms with Crippen LogP contribution in [0, 0.1) is 0 Å². The summed E-state index contributed by atoms with van der Waals surface area (Å²) in [6, 6.07) is 5.09. The summed E-state index contributed by atoms with van der Waals surface area (Å²) in [5.41, 5.74) is 0. The minimum absolute atomic E-state index is 0.0287. The van der Waals surface area contributed by atoms with Crippen LogP contribution in [0.25, 0.3) is 0 Å². The second kappa shape index (κ2) is 8.97. The molecule has 0 saturated carbocycles. The standard InChI is InChI=1S/C14H21ClN2O4S/c1-3-9-16-14(18)17(10-4-11-21-2)22(19,20)13-7-5-12(15)6-8-13/h5-8H,3-4,9-11H2,1-2H3,(H,16,18). The number of amides is 2. The molecule has 0 bridgehead atoms. The van der Waals surface area contributed by atoms with Gasteiger partial charge in [0.15, 0.2) is 0 Å². The molecule has 0 fully saturated rings. The highest BCUT2D eigenvalue weighted by Gasteiger charge is 2.28. The third kappa shape index (κ3) is 5.15. The first-order valence-corrected chi connectivity index (χ1v) is 8.80. The minimum Gasteiger partial charge on any atom is -0.385 e. The van der Waals surface area contributed by atoms with Crippen molar-refractivity contribution in [3.05, 3.63) is 29.3 Å². The van der Waals surface area contributed by atoms with Crippen LogP contribution in [-0.2, 0) is 14.8 Å². The Kier molecular flexibility index (Phi) is 7.64. The molecule has 22 heavy (non-hydrogen) atoms. The number of sulfonamides is 1. The number of ether oxygens (including phenoxy) is 1. The Morgan fingerprint density at radius 3 is 2.50 bits per heavy atom. The van der Waals surface area contributed by atoms with Gasteiger partial charge in [0.25, 0.3) is 10.0 Å². The summed E-state index contributed by atoms with van der Waals surface area (Å²) in [5.74, 6) is 0. The molecule has 1 aromatic carbocycles. The van der Waals surface area contributed by atoms with E-state index < -0.39 is 16.1 Å². The molecule has 2 amide bonds. The van der Waals surface area contributed by atoms with Crippen molar-refractivity contribution >= 4 is 27.7 Å². The van der Waals surface area contributed by atoms with E-state index in [0.717, 1.165) is 10.7 Å². The van der Waals surface area contributed by atoms with Crippen molar-refractivity contribution in [2.45, 2.75) is 24.7 Å². The fraction of sp³-hybridized carbons (Fsp3) is 0.500. The molecule has 0 radical (unpaired) electrons. The lowest BCUT2D eigenvalue weighted by Crippen LogP contribution is -2.44. The number of urea groups is 1. The molecule has 0 atom stereocenters. The van der Waals surface area contributed by atoms with Gasteiger partial charge >= 0.3 is 6.03 Å². The van der Waals surface area contributed by atoms with Crippen LogP contribution in [0.4, 0.5) is 4.79 Å². The van der Waals surface area contributed by atoms with E-state index in [0.29, 0.717) is 24.6 Å². The second-order valence-electron chi connectivity index (χ2n) is 4.61. The maximum atomic E-state index is 12.6. The van der Waals surface area contributed by atoms with Crippen molar-refractivity contribution in [2.24, 2.45) is 0 Å². The van der Waals surface area contributed by atoms with Crippen molar-refractivity contribution in [1.29, 1.82) is 0 Å². The number of carbonyl (C=O) groups excluding carboxylic acids is 1. The molecule has 6 nitrogen and oxygen atoms in total. The summed E-state index contributed by atoms with van der Waals surface area (Å²) in [6.07, 6.45) is 1.14. The highest BCUT2D eigenvalue weighted by Crippen LogP contribution is 2.19. The molecule has 1 aromatic rings. The number of rotatable bonds is 8. The van der Waals surface area contributed by atoms with Gasteiger partial charge in [0, 0.05) is 31.8 Å². The molecule has 0 unspecified atom stereocenters. The number of nitrogens with one attached hydrogen (secondary N) is 1. The third-order valence-corrected chi connectivity index (χ3v) is 4.91. The van der Waals surface area contributed by atoms with Crippen LogP contribution in [0.5, 0.6) is 0 Å². The van der Waals surface area contributed by atoms with Crippen molar-refractivity contribution in [1.82, 2.24) is 9.62 Å². The molecule has 0 spiro atoms. The monoisotopic (exact) mass is 348 g/mol. The highest BCUT2D eigenvalue weighted by atomic mass is 35.5. The van der Waals surface area contributed by atoms with Crippen LogP contribution in [0.15, 0.2) is 29.2 Å². The molecule has 0 saturated heterocycles. The van der Waals surface area contributed by atoms with Gasteiger partial charge < -0.3 is 10.1 Å². The summed E-state index contributed by atoms with van der Waals surface area (Å²) >= 11 is 5.77. The van der Waals surface area contributed by atoms with Gasteiger partial charge in [-0.1, -0.05) is 18.5 Å². The summed E-state index contributed by atoms with van der Waals surface area (Å²) in [4.78, 5) is 12.2. The molecular weight excluding hydrogens is 328 g/mol. The van der Waals surface area contributed by atoms with Crippen LogP contribution < -0.4 is 5.32 Å². The second-order valence-corrected chi connectivity index (χ2v) is 6.91. The van der Waals surface area contributed by atoms with Crippen LogP contribution >= 0.6 is 11.6 Å². The zero-order valence-corrected chi connectivity index (χ0v) is 14.3. The smallest absolute Gasteiger partial charge is 0.331 e. The molecule has 1 N–H and O–H groups in total. The first kappa shape index (κ1) is 18.7. The summed E-state index contributed by atoms with van der Waals surface area (Å²) in [7, 11) is -2.40. The number of halogens is 1. The molecule has 0 aliphatic carbocycles. The lowest BCUT2D eigenvalue weighted by molar-refractivity contribution is 0.184. The number of hydrogen-bond donors (Lipinski definition) is 1. The summed E-state index contributed by atoms with van der Waals surface area (Å²) < 4.78 is 31.0. The molecule has 1 rings (SSSR count). The maximum absolute atomic E-state index is 12.6. The van der Waals surface area contributed by atoms with Gasteiger partial charge in [0.1, 0.15) is 0 Å². The van der Waals surface area contributed by atoms with E-state index in [4.69, 9.17) is 16.3 Å². The van der Waals surface area contributed by atoms with E-state index in [1.54, 1.807) is 0 Å². The normalized spacial score (nSPS) is 11.2. The molecule has 8 heteroatoms. The number of benzene rings is 1. The average molecular weight is 349 g/mol. The van der Waals surface area contributed by atoms with Crippen molar-refractivity contribution in [3.63, 3.8) is 0 Å². The zero-order chi connectivity index (χ0) is 16.6. The van der Waals surface area contributed by atoms with E-state index >= 15 is 0 Å². The van der Waals surface area contributed by atoms with E-state index in [-0.39, 0.29) is 11.4 Å². The van der Waals surface area contributed by atoms with Crippen molar-refractivity contribution < 1.29 is 17.9 Å². The van der Waals surface area contributed by atoms with Gasteiger partial charge in [-0.05, 0) is 37.1 Å². The van der Waals surface area contributed by atoms with Crippen LogP contribution in [0.2, 0.25) is 5.02 Å². The third-order valence-electron chi connectivity index (χ3n) is 2.86. The lowest BCUT2D eigenvalue weighted by Gasteiger charge is -2.22. The first-order valence-electron chi connectivity index (χ1n) is 6.98. The summed E-state index contributed by atoms with van der Waals surface area (Å²) in [6.45, 7) is 2.72. The molecular formula is C14H21ClN2O4S. The van der Waals surface area contributed by atoms with Crippen molar-refractivity contribution in [3.8, 4) is 0 Å². The lowest BCUT2D eigenvalue weighted by atomic mass is 10.4. The van der Waals surface area contributed by atoms with E-state index in [1.165, 1.54) is 31.4 Å². The highest BCUT2D eigenvalue weighted by molar-refractivity contribution is 7.89. The number of nitrogens with zero attached hydrogens (tertiary/aromatic N) is 1. The Labute approximate surface area is 136 Å². The molecule has 0 aliphatic heterocycles. The van der Waals surface area contributed by atoms with Crippen LogP contribution in [0.1, 0.15) is 19.8 Å². The number of hydrogen-bond acceptors (Lipinski definition) is 4. The molecule has 124 valence electrons. The van der Waals surface area contributed by atoms with Crippen molar-refractivity contribution in [2.75, 3.05) is 26.8 Å². The number of carbonyl (C=O) groups is 1. The van der Waals surface area contributed by atoms with E-state index in [2.05, 4.69) is 5.32 Å². The Morgan fingerprint density at radius 1 is 1.32 bits per heavy atom. The SMILES string of the molecule is CCCNC(=O)N(CCCOC)S(=O)(=O)c1ccc(Cl)cc1. The predicted octanol–water partition coefficient (Wildman–Crippen LogP) is 2.49. The fourth-order valence-electron chi connectivity index (χ4n) is 1.74. The molecule has 0 heterocycles. The van der Waals surface area contributed by atoms with Crippen LogP contribution in [0.3, 0.4) is 0 Å². The van der Waals surface area contributed by atoms with Gasteiger partial charge in [0.2, 0.25) is 0 Å². The topological polar surface area (TPSA) is 75.7 Å². The Hall–Kier alpha value is -1.31. The minimum atomic E-state index is -3.92. The first-order chi connectivity index (χ1) is 10.4. The predicted molar refractivity (Wildman–Crippen MR) is 85.5 cm³/mol. The van der Waals surface area contributed by atoms with Gasteiger partial charge in [-0.2, -0.15) is 0 Å². The van der Waals surface area contributed by atoms with Crippen LogP contribution in [-0.4, -0.2) is 45.6 Å². The summed E-state index contributed by atoms with van der Waals surface area (Å²) in [5, 5.41) is 3.02. The van der Waals surface area contributed by atoms with E-state index in [1.807, 2.05) is 6.92 Å². The fourth-order valence-corrected chi connectivity index (χ4v) is 3.25. The van der Waals surface area contributed by atoms with Gasteiger partial charge in [-0.3, -0.25) is 0 Å². The Morgan fingerprint density at radius 2 is 1.95 bits per heavy atom. The Bertz CT molecular complexity index is 575. The van der Waals surface area contributed by atoms with Gasteiger partial charge in [0.05, 0.1) is 4.90 Å². The quantitative estimate of drug-likeness (QED) is 0.732. The van der Waals surface area contributed by atoms with Gasteiger partial charge in [-0.25, -0.2) is 17.5 Å². The molecule has 0 aromatic heterocycles. The largest absolute Gasteiger partial charge is 0.385 e. The zero-order valence-electron chi connectivity index (χ0n) is 12.7. The van der Waals surface area contributed by atoms with Gasteiger partial charge in [-0.15, -0.1) is 0 Å². The Balaban J connectivity index is 3.01. The molecule has 0 aliphatic rings. The maximum Gasteiger partial charge on any atom is 0.331 e. The number of methoxy groups -OCH3 is 1. The average Bonchev–Trinajstić information content (AvgIpc) is 2.49.